The molecule has 142 valence electrons. The summed E-state index contributed by atoms with van der Waals surface area (Å²) in [6.45, 7) is 4.26. The lowest BCUT2D eigenvalue weighted by Crippen LogP contribution is -2.44. The number of aromatic nitrogens is 3. The molecule has 1 aliphatic carbocycles. The number of ether oxygens (including phenoxy) is 1. The van der Waals surface area contributed by atoms with Gasteiger partial charge in [0.05, 0.1) is 19.3 Å². The van der Waals surface area contributed by atoms with Crippen molar-refractivity contribution in [1.29, 1.82) is 0 Å². The lowest BCUT2D eigenvalue weighted by Gasteiger charge is -2.34. The molecule has 1 saturated heterocycles. The van der Waals surface area contributed by atoms with Crippen LogP contribution in [0.3, 0.4) is 0 Å². The molecule has 0 spiro atoms. The Morgan fingerprint density at radius 3 is 2.42 bits per heavy atom. The summed E-state index contributed by atoms with van der Waals surface area (Å²) in [5.41, 5.74) is 12.3. The van der Waals surface area contributed by atoms with Crippen LogP contribution in [0.5, 0.6) is 0 Å². The van der Waals surface area contributed by atoms with Crippen molar-refractivity contribution in [2.45, 2.75) is 32.2 Å². The Morgan fingerprint density at radius 1 is 1.12 bits per heavy atom. The minimum atomic E-state index is 0.255. The van der Waals surface area contributed by atoms with Gasteiger partial charge in [-0.2, -0.15) is 12.6 Å². The summed E-state index contributed by atoms with van der Waals surface area (Å²) in [7, 11) is 0. The smallest absolute Gasteiger partial charge is 0.165 e. The highest BCUT2D eigenvalue weighted by Crippen LogP contribution is 2.23. The molecule has 8 heteroatoms. The third-order valence-electron chi connectivity index (χ3n) is 3.79. The summed E-state index contributed by atoms with van der Waals surface area (Å²) in [6.07, 6.45) is 7.84. The molecule has 0 radical (unpaired) electrons. The molecule has 1 unspecified atom stereocenters. The summed E-state index contributed by atoms with van der Waals surface area (Å²) in [5, 5.41) is 0. The number of rotatable bonds is 2. The van der Waals surface area contributed by atoms with Crippen molar-refractivity contribution in [3.63, 3.8) is 0 Å². The predicted molar refractivity (Wildman–Crippen MR) is 110 cm³/mol. The maximum Gasteiger partial charge on any atom is 0.165 e. The second kappa shape index (κ2) is 10.2. The molecule has 2 fully saturated rings. The molecule has 1 atom stereocenters. The van der Waals surface area contributed by atoms with Gasteiger partial charge in [0.2, 0.25) is 0 Å². The van der Waals surface area contributed by atoms with Crippen LogP contribution in [0.2, 0.25) is 0 Å². The maximum absolute atomic E-state index is 5.92. The van der Waals surface area contributed by atoms with Gasteiger partial charge >= 0.3 is 0 Å². The van der Waals surface area contributed by atoms with Gasteiger partial charge < -0.3 is 21.1 Å². The number of hydrogen-bond donors (Lipinski definition) is 3. The van der Waals surface area contributed by atoms with Crippen LogP contribution in [0.15, 0.2) is 24.4 Å². The van der Waals surface area contributed by atoms with Crippen molar-refractivity contribution in [3.8, 4) is 11.4 Å². The molecule has 4 rings (SSSR count). The van der Waals surface area contributed by atoms with E-state index in [1.54, 1.807) is 24.6 Å². The van der Waals surface area contributed by atoms with Gasteiger partial charge in [-0.3, -0.25) is 0 Å². The first kappa shape index (κ1) is 20.3. The number of morpholine rings is 1. The minimum Gasteiger partial charge on any atom is -0.384 e. The van der Waals surface area contributed by atoms with Crippen LogP contribution in [0.25, 0.3) is 11.4 Å². The average molecular weight is 377 g/mol. The van der Waals surface area contributed by atoms with Crippen molar-refractivity contribution >= 4 is 30.1 Å². The van der Waals surface area contributed by atoms with E-state index in [2.05, 4.69) is 39.4 Å². The van der Waals surface area contributed by atoms with E-state index in [4.69, 9.17) is 16.2 Å². The quantitative estimate of drug-likeness (QED) is 0.692. The van der Waals surface area contributed by atoms with Gasteiger partial charge in [0, 0.05) is 24.4 Å². The van der Waals surface area contributed by atoms with E-state index in [1.165, 1.54) is 19.3 Å². The standard InChI is InChI=1S/C14H18N6O.C3H6.CH4S/c1-9-8-21-5-4-20(9)13-6-12(16)18-14(19-13)10-2-3-11(15)17-7-10;1-2-3-1;1-2/h2-3,6-7,9H,4-5,8H2,1H3,(H2,15,17)(H2,16,18,19);1-3H2;2H,1H3. The Labute approximate surface area is 160 Å². The number of pyridine rings is 1. The van der Waals surface area contributed by atoms with Crippen LogP contribution in [0.4, 0.5) is 17.5 Å². The largest absolute Gasteiger partial charge is 0.384 e. The molecule has 7 nitrogen and oxygen atoms in total. The van der Waals surface area contributed by atoms with E-state index in [0.29, 0.717) is 30.7 Å². The first-order chi connectivity index (χ1) is 12.6. The molecule has 2 aliphatic rings. The monoisotopic (exact) mass is 376 g/mol. The fourth-order valence-electron chi connectivity index (χ4n) is 2.33. The lowest BCUT2D eigenvalue weighted by atomic mass is 10.2. The summed E-state index contributed by atoms with van der Waals surface area (Å²) in [6, 6.07) is 5.60. The second-order valence-electron chi connectivity index (χ2n) is 6.12. The third kappa shape index (κ3) is 6.03. The van der Waals surface area contributed by atoms with Gasteiger partial charge in [-0.25, -0.2) is 15.0 Å². The first-order valence-electron chi connectivity index (χ1n) is 8.79. The Morgan fingerprint density at radius 2 is 1.85 bits per heavy atom. The molecule has 2 aromatic heterocycles. The Kier molecular flexibility index (Phi) is 7.93. The number of nitrogens with zero attached hydrogens (tertiary/aromatic N) is 4. The fraction of sp³-hybridized carbons (Fsp3) is 0.500. The molecule has 1 saturated carbocycles. The highest BCUT2D eigenvalue weighted by atomic mass is 32.1. The number of hydrogen-bond acceptors (Lipinski definition) is 8. The van der Waals surface area contributed by atoms with E-state index >= 15 is 0 Å². The Hall–Kier alpha value is -2.06. The molecule has 0 aromatic carbocycles. The third-order valence-corrected chi connectivity index (χ3v) is 3.79. The highest BCUT2D eigenvalue weighted by molar-refractivity contribution is 7.79. The van der Waals surface area contributed by atoms with Gasteiger partial charge in [-0.15, -0.1) is 0 Å². The van der Waals surface area contributed by atoms with E-state index in [9.17, 15) is 0 Å². The van der Waals surface area contributed by atoms with Crippen LogP contribution in [-0.4, -0.2) is 47.0 Å². The van der Waals surface area contributed by atoms with Crippen LogP contribution in [-0.2, 0) is 4.74 Å². The molecule has 3 heterocycles. The second-order valence-corrected chi connectivity index (χ2v) is 6.12. The van der Waals surface area contributed by atoms with Gasteiger partial charge in [0.1, 0.15) is 17.5 Å². The summed E-state index contributed by atoms with van der Waals surface area (Å²) in [5.74, 6) is 2.26. The summed E-state index contributed by atoms with van der Waals surface area (Å²) >= 11 is 3.53. The molecule has 26 heavy (non-hydrogen) atoms. The topological polar surface area (TPSA) is 103 Å². The van der Waals surface area contributed by atoms with Crippen molar-refractivity contribution in [3.05, 3.63) is 24.4 Å². The lowest BCUT2D eigenvalue weighted by molar-refractivity contribution is 0.0985. The van der Waals surface area contributed by atoms with E-state index < -0.39 is 0 Å². The maximum atomic E-state index is 5.92. The zero-order valence-corrected chi connectivity index (χ0v) is 16.3. The van der Waals surface area contributed by atoms with Crippen molar-refractivity contribution in [1.82, 2.24) is 15.0 Å². The van der Waals surface area contributed by atoms with E-state index in [0.717, 1.165) is 17.9 Å². The molecular weight excluding hydrogens is 348 g/mol. The Balaban J connectivity index is 0.000000429. The zero-order valence-electron chi connectivity index (χ0n) is 15.4. The van der Waals surface area contributed by atoms with Crippen molar-refractivity contribution < 1.29 is 4.74 Å². The number of nitrogens with two attached hydrogens (primary N) is 2. The van der Waals surface area contributed by atoms with E-state index in [1.807, 2.05) is 6.07 Å². The fourth-order valence-corrected chi connectivity index (χ4v) is 2.33. The first-order valence-corrected chi connectivity index (χ1v) is 9.68. The SMILES string of the molecule is C1CC1.CC1COCCN1c1cc(N)nc(-c2ccc(N)nc2)n1.CS. The van der Waals surface area contributed by atoms with E-state index in [-0.39, 0.29) is 6.04 Å². The Bertz CT molecular complexity index is 677. The van der Waals surface area contributed by atoms with Gasteiger partial charge in [-0.1, -0.05) is 19.3 Å². The van der Waals surface area contributed by atoms with Crippen LogP contribution in [0.1, 0.15) is 26.2 Å². The average Bonchev–Trinajstić information content (AvgIpc) is 3.53. The normalized spacial score (nSPS) is 18.1. The van der Waals surface area contributed by atoms with Gasteiger partial charge in [0.15, 0.2) is 5.82 Å². The molecule has 2 aromatic rings. The number of thiol groups is 1. The number of anilines is 3. The van der Waals surface area contributed by atoms with Crippen LogP contribution >= 0.6 is 12.6 Å². The van der Waals surface area contributed by atoms with Crippen molar-refractivity contribution in [2.75, 3.05) is 42.4 Å². The summed E-state index contributed by atoms with van der Waals surface area (Å²) < 4.78 is 5.45. The van der Waals surface area contributed by atoms with Gasteiger partial charge in [0.25, 0.3) is 0 Å². The van der Waals surface area contributed by atoms with Crippen LogP contribution in [0, 0.1) is 0 Å². The number of nitrogen functional groups attached to an aromatic ring is 2. The molecule has 4 N–H and O–H groups in total. The van der Waals surface area contributed by atoms with Crippen LogP contribution < -0.4 is 16.4 Å². The molecular formula is C18H28N6OS. The molecule has 0 bridgehead atoms. The molecule has 0 amide bonds. The molecule has 1 aliphatic heterocycles. The van der Waals surface area contributed by atoms with Gasteiger partial charge in [-0.05, 0) is 25.3 Å². The predicted octanol–water partition coefficient (Wildman–Crippen LogP) is 2.64. The minimum absolute atomic E-state index is 0.255. The zero-order chi connectivity index (χ0) is 18.9. The summed E-state index contributed by atoms with van der Waals surface area (Å²) in [4.78, 5) is 15.1. The van der Waals surface area contributed by atoms with Crippen molar-refractivity contribution in [2.24, 2.45) is 0 Å². The highest BCUT2D eigenvalue weighted by Gasteiger charge is 2.21.